The van der Waals surface area contributed by atoms with Gasteiger partial charge in [0, 0.05) is 7.05 Å². The fourth-order valence-electron chi connectivity index (χ4n) is 4.06. The van der Waals surface area contributed by atoms with Gasteiger partial charge in [0.15, 0.2) is 5.65 Å². The van der Waals surface area contributed by atoms with Gasteiger partial charge in [-0.1, -0.05) is 18.5 Å². The Morgan fingerprint density at radius 3 is 2.70 bits per heavy atom. The number of amides is 1. The molecule has 0 spiro atoms. The maximum absolute atomic E-state index is 12.2. The summed E-state index contributed by atoms with van der Waals surface area (Å²) in [5.41, 5.74) is 1.73. The second-order valence-corrected chi connectivity index (χ2v) is 9.00. The van der Waals surface area contributed by atoms with Crippen LogP contribution in [0.1, 0.15) is 29.4 Å². The van der Waals surface area contributed by atoms with Crippen LogP contribution in [-0.2, 0) is 4.79 Å². The van der Waals surface area contributed by atoms with Crippen molar-refractivity contribution in [2.75, 3.05) is 7.05 Å². The lowest BCUT2D eigenvalue weighted by molar-refractivity contribution is -0.129. The number of aliphatic hydroxyl groups excluding tert-OH is 2. The van der Waals surface area contributed by atoms with E-state index in [9.17, 15) is 15.0 Å². The van der Waals surface area contributed by atoms with E-state index in [4.69, 9.17) is 11.6 Å². The maximum atomic E-state index is 12.2. The number of nitrogens with one attached hydrogen (secondary N) is 1. The lowest BCUT2D eigenvalue weighted by Gasteiger charge is -2.22. The van der Waals surface area contributed by atoms with Crippen LogP contribution in [-0.4, -0.2) is 54.9 Å². The Labute approximate surface area is 181 Å². The van der Waals surface area contributed by atoms with Crippen molar-refractivity contribution in [1.82, 2.24) is 24.8 Å². The minimum Gasteiger partial charge on any atom is -0.390 e. The van der Waals surface area contributed by atoms with Gasteiger partial charge in [-0.25, -0.2) is 15.0 Å². The molecule has 1 saturated carbocycles. The zero-order chi connectivity index (χ0) is 21.6. The Bertz CT molecular complexity index is 1180. The lowest BCUT2D eigenvalue weighted by Crippen LogP contribution is -2.37. The molecule has 8 nitrogen and oxygen atoms in total. The van der Waals surface area contributed by atoms with Crippen LogP contribution in [0.5, 0.6) is 0 Å². The van der Waals surface area contributed by atoms with Gasteiger partial charge in [-0.05, 0) is 36.8 Å². The zero-order valence-electron chi connectivity index (χ0n) is 16.5. The van der Waals surface area contributed by atoms with Crippen molar-refractivity contribution in [3.63, 3.8) is 0 Å². The average molecular weight is 446 g/mol. The summed E-state index contributed by atoms with van der Waals surface area (Å²) in [4.78, 5) is 26.4. The quantitative estimate of drug-likeness (QED) is 0.515. The number of rotatable bonds is 2. The zero-order valence-corrected chi connectivity index (χ0v) is 18.1. The number of nitrogens with zero attached hydrogens (tertiary/aromatic N) is 4. The fraction of sp³-hybridized carbons (Fsp3) is 0.400. The molecule has 0 aliphatic heterocycles. The van der Waals surface area contributed by atoms with E-state index in [1.54, 1.807) is 17.0 Å². The van der Waals surface area contributed by atoms with E-state index >= 15 is 0 Å². The number of aryl methyl sites for hydroxylation is 1. The van der Waals surface area contributed by atoms with Crippen molar-refractivity contribution in [1.29, 1.82) is 0 Å². The standard InChI is InChI=1S/C20H20ClN5O3S/c1-9-14(20(29)22-3)17(27)18(28)16(9)26-8-23-15-10(2)24-13(25-19(15)26)7-5-11-4-6-12(21)30-11/h4,6,8-9,14,16-18,27-28H,1-3H3,(H,22,29)/t9-,14-,16+,17?,18?/m0/s1. The Morgan fingerprint density at radius 2 is 2.03 bits per heavy atom. The fourth-order valence-corrected chi connectivity index (χ4v) is 4.95. The van der Waals surface area contributed by atoms with E-state index in [2.05, 4.69) is 32.1 Å². The molecular formula is C20H20ClN5O3S. The summed E-state index contributed by atoms with van der Waals surface area (Å²) in [7, 11) is 1.51. The Morgan fingerprint density at radius 1 is 1.27 bits per heavy atom. The monoisotopic (exact) mass is 445 g/mol. The summed E-state index contributed by atoms with van der Waals surface area (Å²) in [6.45, 7) is 3.64. The van der Waals surface area contributed by atoms with Gasteiger partial charge in [0.05, 0.1) is 39.3 Å². The molecule has 0 bridgehead atoms. The molecule has 1 aliphatic rings. The number of hydrogen-bond acceptors (Lipinski definition) is 7. The number of imidazole rings is 1. The van der Waals surface area contributed by atoms with Crippen molar-refractivity contribution in [2.45, 2.75) is 32.1 Å². The summed E-state index contributed by atoms with van der Waals surface area (Å²) >= 11 is 7.31. The molecule has 5 atom stereocenters. The maximum Gasteiger partial charge on any atom is 0.225 e. The van der Waals surface area contributed by atoms with Crippen LogP contribution in [0.3, 0.4) is 0 Å². The molecule has 30 heavy (non-hydrogen) atoms. The predicted octanol–water partition coefficient (Wildman–Crippen LogP) is 1.52. The first-order valence-electron chi connectivity index (χ1n) is 9.38. The molecule has 1 fully saturated rings. The van der Waals surface area contributed by atoms with Crippen LogP contribution in [0.25, 0.3) is 11.2 Å². The summed E-state index contributed by atoms with van der Waals surface area (Å²) in [6.07, 6.45) is -0.766. The molecule has 3 N–H and O–H groups in total. The number of thiophene rings is 1. The van der Waals surface area contributed by atoms with Crippen molar-refractivity contribution >= 4 is 40.0 Å². The van der Waals surface area contributed by atoms with Crippen molar-refractivity contribution in [3.05, 3.63) is 39.2 Å². The summed E-state index contributed by atoms with van der Waals surface area (Å²) in [5.74, 6) is 4.86. The first kappa shape index (κ1) is 20.8. The first-order chi connectivity index (χ1) is 14.3. The number of carbonyl (C=O) groups excluding carboxylic acids is 1. The molecule has 0 saturated heterocycles. The van der Waals surface area contributed by atoms with Gasteiger partial charge in [-0.3, -0.25) is 4.79 Å². The van der Waals surface area contributed by atoms with Crippen molar-refractivity contribution in [2.24, 2.45) is 11.8 Å². The van der Waals surface area contributed by atoms with Crippen LogP contribution in [0.4, 0.5) is 0 Å². The average Bonchev–Trinajstić information content (AvgIpc) is 3.38. The largest absolute Gasteiger partial charge is 0.390 e. The van der Waals surface area contributed by atoms with Gasteiger partial charge in [-0.15, -0.1) is 11.3 Å². The highest BCUT2D eigenvalue weighted by Crippen LogP contribution is 2.42. The van der Waals surface area contributed by atoms with Gasteiger partial charge in [0.2, 0.25) is 11.7 Å². The van der Waals surface area contributed by atoms with Gasteiger partial charge in [0.1, 0.15) is 11.6 Å². The molecule has 1 amide bonds. The molecule has 4 rings (SSSR count). The third kappa shape index (κ3) is 3.46. The van der Waals surface area contributed by atoms with E-state index in [0.717, 1.165) is 4.88 Å². The first-order valence-corrected chi connectivity index (χ1v) is 10.6. The minimum atomic E-state index is -1.19. The molecule has 1 aliphatic carbocycles. The normalized spacial score (nSPS) is 25.9. The van der Waals surface area contributed by atoms with E-state index in [-0.39, 0.29) is 11.8 Å². The lowest BCUT2D eigenvalue weighted by atomic mass is 9.94. The number of carbonyl (C=O) groups is 1. The molecule has 3 aromatic heterocycles. The Kier molecular flexibility index (Phi) is 5.51. The summed E-state index contributed by atoms with van der Waals surface area (Å²) < 4.78 is 2.36. The topological polar surface area (TPSA) is 113 Å². The Hall–Kier alpha value is -2.51. The summed E-state index contributed by atoms with van der Waals surface area (Å²) in [5, 5.41) is 23.7. The highest BCUT2D eigenvalue weighted by molar-refractivity contribution is 7.16. The molecular weight excluding hydrogens is 426 g/mol. The third-order valence-corrected chi connectivity index (χ3v) is 6.66. The smallest absolute Gasteiger partial charge is 0.225 e. The van der Waals surface area contributed by atoms with E-state index < -0.39 is 24.2 Å². The van der Waals surface area contributed by atoms with Crippen LogP contribution in [0, 0.1) is 30.6 Å². The predicted molar refractivity (Wildman–Crippen MR) is 113 cm³/mol. The van der Waals surface area contributed by atoms with Crippen LogP contribution < -0.4 is 5.32 Å². The minimum absolute atomic E-state index is 0.312. The van der Waals surface area contributed by atoms with Crippen molar-refractivity contribution in [3.8, 4) is 11.8 Å². The molecule has 2 unspecified atom stereocenters. The van der Waals surface area contributed by atoms with Gasteiger partial charge in [-0.2, -0.15) is 0 Å². The Balaban J connectivity index is 1.76. The molecule has 10 heteroatoms. The number of hydrogen-bond donors (Lipinski definition) is 3. The van der Waals surface area contributed by atoms with Gasteiger partial charge < -0.3 is 20.1 Å². The van der Waals surface area contributed by atoms with Gasteiger partial charge >= 0.3 is 0 Å². The van der Waals surface area contributed by atoms with Crippen LogP contribution >= 0.6 is 22.9 Å². The molecule has 0 radical (unpaired) electrons. The van der Waals surface area contributed by atoms with Crippen LogP contribution in [0.15, 0.2) is 18.5 Å². The molecule has 3 aromatic rings. The third-order valence-electron chi connectivity index (χ3n) is 5.51. The van der Waals surface area contributed by atoms with Gasteiger partial charge in [0.25, 0.3) is 0 Å². The molecule has 0 aromatic carbocycles. The molecule has 156 valence electrons. The van der Waals surface area contributed by atoms with E-state index in [0.29, 0.717) is 27.0 Å². The highest BCUT2D eigenvalue weighted by Gasteiger charge is 2.51. The molecule has 3 heterocycles. The number of fused-ring (bicyclic) bond motifs is 1. The van der Waals surface area contributed by atoms with Crippen LogP contribution in [0.2, 0.25) is 4.34 Å². The summed E-state index contributed by atoms with van der Waals surface area (Å²) in [6, 6.07) is 3.03. The SMILES string of the molecule is CNC(=O)[C@@H]1C(O)C(O)[C@H](n2cnc3c(C)nc(C#Cc4ccc(Cl)s4)nc32)[C@H]1C. The van der Waals surface area contributed by atoms with E-state index in [1.807, 2.05) is 19.9 Å². The number of aliphatic hydroxyl groups is 2. The van der Waals surface area contributed by atoms with E-state index in [1.165, 1.54) is 18.4 Å². The number of halogens is 1. The second-order valence-electron chi connectivity index (χ2n) is 7.28. The highest BCUT2D eigenvalue weighted by atomic mass is 35.5. The second kappa shape index (κ2) is 7.96. The van der Waals surface area contributed by atoms with Crippen molar-refractivity contribution < 1.29 is 15.0 Å². The number of aromatic nitrogens is 4.